The van der Waals surface area contributed by atoms with Crippen molar-refractivity contribution in [3.05, 3.63) is 11.9 Å². The number of primary amides is 1. The van der Waals surface area contributed by atoms with Gasteiger partial charge < -0.3 is 20.8 Å². The lowest BCUT2D eigenvalue weighted by atomic mass is 9.87. The number of hydrogen-bond donors (Lipinski definition) is 3. The summed E-state index contributed by atoms with van der Waals surface area (Å²) in [7, 11) is 0. The van der Waals surface area contributed by atoms with Gasteiger partial charge in [-0.15, -0.1) is 0 Å². The van der Waals surface area contributed by atoms with E-state index in [9.17, 15) is 24.6 Å². The average molecular weight is 337 g/mol. The molecule has 130 valence electrons. The molecule has 10 heteroatoms. The fourth-order valence-corrected chi connectivity index (χ4v) is 3.27. The summed E-state index contributed by atoms with van der Waals surface area (Å²) in [6, 6.07) is -0.237. The zero-order valence-electron chi connectivity index (χ0n) is 13.2. The number of amides is 3. The normalized spacial score (nSPS) is 26.6. The van der Waals surface area contributed by atoms with Gasteiger partial charge >= 0.3 is 6.09 Å². The summed E-state index contributed by atoms with van der Waals surface area (Å²) in [5, 5.41) is 23.0. The summed E-state index contributed by atoms with van der Waals surface area (Å²) in [5.41, 5.74) is 5.07. The first-order valence-electron chi connectivity index (χ1n) is 7.54. The first-order chi connectivity index (χ1) is 11.3. The maximum Gasteiger partial charge on any atom is 0.407 e. The third-order valence-electron chi connectivity index (χ3n) is 4.83. The minimum atomic E-state index is -1.32. The van der Waals surface area contributed by atoms with Crippen LogP contribution in [0.5, 0.6) is 0 Å². The molecule has 1 unspecified atom stereocenters. The van der Waals surface area contributed by atoms with Gasteiger partial charge in [0.2, 0.25) is 11.8 Å². The molecule has 3 heterocycles. The van der Waals surface area contributed by atoms with Crippen LogP contribution < -0.4 is 10.6 Å². The molecule has 0 bridgehead atoms. The lowest BCUT2D eigenvalue weighted by Gasteiger charge is -2.33. The highest BCUT2D eigenvalue weighted by molar-refractivity contribution is 6.02. The summed E-state index contributed by atoms with van der Waals surface area (Å²) >= 11 is 0. The summed E-state index contributed by atoms with van der Waals surface area (Å²) in [6.45, 7) is 1.69. The largest absolute Gasteiger partial charge is 0.465 e. The average Bonchev–Trinajstić information content (AvgIpc) is 3.07. The summed E-state index contributed by atoms with van der Waals surface area (Å²) in [5.74, 6) is -1.08. The van der Waals surface area contributed by atoms with E-state index in [2.05, 4.69) is 5.10 Å². The Morgan fingerprint density at radius 2 is 2.21 bits per heavy atom. The van der Waals surface area contributed by atoms with E-state index in [1.807, 2.05) is 0 Å². The number of carboxylic acid groups (broad SMARTS) is 1. The molecule has 0 saturated carbocycles. The minimum Gasteiger partial charge on any atom is -0.465 e. The Kier molecular flexibility index (Phi) is 3.71. The van der Waals surface area contributed by atoms with E-state index in [4.69, 9.17) is 5.73 Å². The predicted molar refractivity (Wildman–Crippen MR) is 80.9 cm³/mol. The molecule has 3 rings (SSSR count). The van der Waals surface area contributed by atoms with Gasteiger partial charge in [0, 0.05) is 13.0 Å². The van der Waals surface area contributed by atoms with Gasteiger partial charge in [0.15, 0.2) is 0 Å². The maximum atomic E-state index is 12.4. The van der Waals surface area contributed by atoms with E-state index in [0.29, 0.717) is 17.9 Å². The van der Waals surface area contributed by atoms with Gasteiger partial charge in [-0.2, -0.15) is 5.10 Å². The zero-order valence-corrected chi connectivity index (χ0v) is 13.2. The molecule has 3 amide bonds. The Morgan fingerprint density at radius 1 is 1.50 bits per heavy atom. The van der Waals surface area contributed by atoms with E-state index in [1.54, 1.807) is 11.6 Å². The second-order valence-corrected chi connectivity index (χ2v) is 6.38. The molecule has 4 N–H and O–H groups in total. The first kappa shape index (κ1) is 16.2. The minimum absolute atomic E-state index is 0.0427. The van der Waals surface area contributed by atoms with Crippen LogP contribution in [0, 0.1) is 5.41 Å². The number of aliphatic hydroxyl groups excluding tert-OH is 1. The third kappa shape index (κ3) is 2.30. The monoisotopic (exact) mass is 337 g/mol. The Balaban J connectivity index is 1.94. The Labute approximate surface area is 137 Å². The standard InChI is InChI=1S/C14H19N5O5/c1-8-4-19-10(5-17(8)13(23)24)9(3-16-19)18-6-14(7-20,12(15)22)2-11(18)21/h3,8,20H,2,4-7H2,1H3,(H2,15,22)(H,23,24)/t8-,14?/m0/s1. The maximum absolute atomic E-state index is 12.4. The fraction of sp³-hybridized carbons (Fsp3) is 0.571. The van der Waals surface area contributed by atoms with Crippen LogP contribution in [0.15, 0.2) is 6.20 Å². The molecular weight excluding hydrogens is 318 g/mol. The number of carbonyl (C=O) groups excluding carboxylic acids is 2. The van der Waals surface area contributed by atoms with Gasteiger partial charge in [-0.3, -0.25) is 19.2 Å². The van der Waals surface area contributed by atoms with Crippen LogP contribution in [-0.2, 0) is 22.7 Å². The molecule has 0 spiro atoms. The van der Waals surface area contributed by atoms with Crippen molar-refractivity contribution >= 4 is 23.6 Å². The zero-order chi connectivity index (χ0) is 17.6. The number of rotatable bonds is 3. The van der Waals surface area contributed by atoms with Crippen LogP contribution in [0.3, 0.4) is 0 Å². The van der Waals surface area contributed by atoms with Crippen molar-refractivity contribution in [3.8, 4) is 0 Å². The van der Waals surface area contributed by atoms with E-state index >= 15 is 0 Å². The van der Waals surface area contributed by atoms with Crippen LogP contribution in [-0.4, -0.2) is 62.0 Å². The van der Waals surface area contributed by atoms with Gasteiger partial charge in [0.1, 0.15) is 0 Å². The lowest BCUT2D eigenvalue weighted by Crippen LogP contribution is -2.45. The molecule has 0 radical (unpaired) electrons. The molecule has 1 saturated heterocycles. The second-order valence-electron chi connectivity index (χ2n) is 6.38. The third-order valence-corrected chi connectivity index (χ3v) is 4.83. The number of fused-ring (bicyclic) bond motifs is 1. The topological polar surface area (TPSA) is 142 Å². The Hall–Kier alpha value is -2.62. The molecule has 0 aliphatic carbocycles. The van der Waals surface area contributed by atoms with Gasteiger partial charge in [0.05, 0.1) is 48.7 Å². The molecule has 2 atom stereocenters. The van der Waals surface area contributed by atoms with Crippen LogP contribution in [0.1, 0.15) is 19.0 Å². The van der Waals surface area contributed by atoms with Crippen LogP contribution in [0.2, 0.25) is 0 Å². The van der Waals surface area contributed by atoms with E-state index < -0.39 is 24.0 Å². The van der Waals surface area contributed by atoms with Crippen molar-refractivity contribution in [3.63, 3.8) is 0 Å². The number of carbonyl (C=O) groups is 3. The molecule has 0 aromatic carbocycles. The molecule has 2 aliphatic heterocycles. The Morgan fingerprint density at radius 3 is 2.75 bits per heavy atom. The van der Waals surface area contributed by atoms with Crippen molar-refractivity contribution < 1.29 is 24.6 Å². The predicted octanol–water partition coefficient (Wildman–Crippen LogP) is -1.03. The van der Waals surface area contributed by atoms with Crippen LogP contribution in [0.4, 0.5) is 10.5 Å². The highest BCUT2D eigenvalue weighted by Gasteiger charge is 2.49. The fourth-order valence-electron chi connectivity index (χ4n) is 3.27. The van der Waals surface area contributed by atoms with E-state index in [-0.39, 0.29) is 31.5 Å². The second kappa shape index (κ2) is 5.48. The SMILES string of the molecule is C[C@H]1Cn2ncc(N3CC(CO)(C(N)=O)CC3=O)c2CN1C(=O)O. The Bertz CT molecular complexity index is 716. The number of anilines is 1. The van der Waals surface area contributed by atoms with Crippen molar-refractivity contribution in [2.75, 3.05) is 18.1 Å². The summed E-state index contributed by atoms with van der Waals surface area (Å²) in [4.78, 5) is 38.0. The van der Waals surface area contributed by atoms with Crippen molar-refractivity contribution in [2.45, 2.75) is 32.5 Å². The van der Waals surface area contributed by atoms with Gasteiger partial charge in [0.25, 0.3) is 0 Å². The smallest absolute Gasteiger partial charge is 0.407 e. The molecule has 1 aromatic rings. The molecule has 24 heavy (non-hydrogen) atoms. The quantitative estimate of drug-likeness (QED) is 0.643. The molecule has 1 fully saturated rings. The van der Waals surface area contributed by atoms with Crippen LogP contribution >= 0.6 is 0 Å². The number of nitrogens with zero attached hydrogens (tertiary/aromatic N) is 4. The number of hydrogen-bond acceptors (Lipinski definition) is 5. The van der Waals surface area contributed by atoms with Crippen LogP contribution in [0.25, 0.3) is 0 Å². The highest BCUT2D eigenvalue weighted by Crippen LogP contribution is 2.37. The van der Waals surface area contributed by atoms with Crippen molar-refractivity contribution in [1.82, 2.24) is 14.7 Å². The summed E-state index contributed by atoms with van der Waals surface area (Å²) in [6.07, 6.45) is 0.262. The summed E-state index contributed by atoms with van der Waals surface area (Å²) < 4.78 is 1.66. The van der Waals surface area contributed by atoms with Gasteiger partial charge in [-0.1, -0.05) is 0 Å². The molecular formula is C14H19N5O5. The van der Waals surface area contributed by atoms with E-state index in [1.165, 1.54) is 16.0 Å². The number of nitrogens with two attached hydrogens (primary N) is 1. The van der Waals surface area contributed by atoms with Crippen molar-refractivity contribution in [1.29, 1.82) is 0 Å². The highest BCUT2D eigenvalue weighted by atomic mass is 16.4. The molecule has 1 aromatic heterocycles. The van der Waals surface area contributed by atoms with E-state index in [0.717, 1.165) is 0 Å². The first-order valence-corrected chi connectivity index (χ1v) is 7.54. The number of aliphatic hydroxyl groups is 1. The number of aromatic nitrogens is 2. The molecule has 10 nitrogen and oxygen atoms in total. The van der Waals surface area contributed by atoms with Gasteiger partial charge in [-0.25, -0.2) is 4.79 Å². The lowest BCUT2D eigenvalue weighted by molar-refractivity contribution is -0.131. The molecule has 2 aliphatic rings. The van der Waals surface area contributed by atoms with Crippen molar-refractivity contribution in [2.24, 2.45) is 11.1 Å². The van der Waals surface area contributed by atoms with Gasteiger partial charge in [-0.05, 0) is 6.92 Å².